The van der Waals surface area contributed by atoms with Crippen LogP contribution in [0.25, 0.3) is 0 Å². The zero-order valence-electron chi connectivity index (χ0n) is 15.1. The van der Waals surface area contributed by atoms with Gasteiger partial charge in [0.1, 0.15) is 0 Å². The van der Waals surface area contributed by atoms with Gasteiger partial charge in [-0.3, -0.25) is 4.79 Å². The van der Waals surface area contributed by atoms with E-state index in [1.807, 2.05) is 6.92 Å². The van der Waals surface area contributed by atoms with Gasteiger partial charge in [-0.2, -0.15) is 0 Å². The molecule has 0 fully saturated rings. The Morgan fingerprint density at radius 2 is 1.69 bits per heavy atom. The van der Waals surface area contributed by atoms with Crippen LogP contribution in [-0.4, -0.2) is 39.8 Å². The molecule has 0 bridgehead atoms. The van der Waals surface area contributed by atoms with Crippen molar-refractivity contribution < 1.29 is 24.9 Å². The summed E-state index contributed by atoms with van der Waals surface area (Å²) < 4.78 is 5.12. The van der Waals surface area contributed by atoms with E-state index in [4.69, 9.17) is 4.74 Å². The Balaban J connectivity index is 2.03. The van der Waals surface area contributed by atoms with Gasteiger partial charge in [-0.1, -0.05) is 19.1 Å². The number of aryl methyl sites for hydroxylation is 1. The van der Waals surface area contributed by atoms with E-state index in [1.54, 1.807) is 29.2 Å². The minimum Gasteiger partial charge on any atom is -0.504 e. The third kappa shape index (κ3) is 5.05. The lowest BCUT2D eigenvalue weighted by molar-refractivity contribution is -0.131. The quantitative estimate of drug-likeness (QED) is 0.630. The lowest BCUT2D eigenvalue weighted by Crippen LogP contribution is -2.31. The highest BCUT2D eigenvalue weighted by Crippen LogP contribution is 2.27. The van der Waals surface area contributed by atoms with Crippen LogP contribution < -0.4 is 4.74 Å². The van der Waals surface area contributed by atoms with E-state index >= 15 is 0 Å². The maximum absolute atomic E-state index is 12.6. The van der Waals surface area contributed by atoms with Gasteiger partial charge in [-0.25, -0.2) is 0 Å². The number of phenols is 3. The molecule has 140 valence electrons. The molecule has 0 heterocycles. The molecule has 0 aliphatic heterocycles. The second kappa shape index (κ2) is 8.99. The van der Waals surface area contributed by atoms with Crippen LogP contribution in [0.1, 0.15) is 30.9 Å². The van der Waals surface area contributed by atoms with E-state index in [-0.39, 0.29) is 23.2 Å². The maximum atomic E-state index is 12.6. The van der Waals surface area contributed by atoms with Crippen LogP contribution in [0.15, 0.2) is 36.4 Å². The van der Waals surface area contributed by atoms with Crippen LogP contribution in [0.2, 0.25) is 0 Å². The molecule has 0 aliphatic carbocycles. The fourth-order valence-corrected chi connectivity index (χ4v) is 2.74. The summed E-state index contributed by atoms with van der Waals surface area (Å²) in [6.07, 6.45) is 1.62. The van der Waals surface area contributed by atoms with Crippen molar-refractivity contribution in [3.05, 3.63) is 47.5 Å². The third-order valence-electron chi connectivity index (χ3n) is 4.13. The number of methoxy groups -OCH3 is 1. The minimum atomic E-state index is -0.184. The summed E-state index contributed by atoms with van der Waals surface area (Å²) in [5.74, 6) is 0.0969. The molecule has 0 radical (unpaired) electrons. The summed E-state index contributed by atoms with van der Waals surface area (Å²) in [6, 6.07) is 9.63. The molecule has 1 amide bonds. The molecular weight excluding hydrogens is 334 g/mol. The van der Waals surface area contributed by atoms with Crippen molar-refractivity contribution in [1.82, 2.24) is 4.90 Å². The fraction of sp³-hybridized carbons (Fsp3) is 0.350. The van der Waals surface area contributed by atoms with E-state index in [0.717, 1.165) is 17.5 Å². The number of hydrogen-bond donors (Lipinski definition) is 3. The first kappa shape index (κ1) is 19.4. The van der Waals surface area contributed by atoms with Gasteiger partial charge in [0, 0.05) is 19.5 Å². The van der Waals surface area contributed by atoms with Crippen molar-refractivity contribution in [2.45, 2.75) is 32.7 Å². The van der Waals surface area contributed by atoms with Crippen LogP contribution in [-0.2, 0) is 17.8 Å². The molecule has 0 saturated heterocycles. The Morgan fingerprint density at radius 1 is 1.00 bits per heavy atom. The van der Waals surface area contributed by atoms with Crippen molar-refractivity contribution >= 4 is 5.91 Å². The summed E-state index contributed by atoms with van der Waals surface area (Å²) in [4.78, 5) is 14.4. The first-order valence-electron chi connectivity index (χ1n) is 8.59. The number of rotatable bonds is 8. The van der Waals surface area contributed by atoms with Gasteiger partial charge in [0.05, 0.1) is 7.11 Å². The number of aromatic hydroxyl groups is 3. The van der Waals surface area contributed by atoms with Gasteiger partial charge >= 0.3 is 0 Å². The van der Waals surface area contributed by atoms with Crippen molar-refractivity contribution in [3.63, 3.8) is 0 Å². The Kier molecular flexibility index (Phi) is 6.72. The first-order chi connectivity index (χ1) is 12.4. The molecule has 0 aliphatic rings. The number of hydrogen-bond acceptors (Lipinski definition) is 5. The van der Waals surface area contributed by atoms with Crippen LogP contribution in [0.3, 0.4) is 0 Å². The normalized spacial score (nSPS) is 10.5. The molecule has 3 N–H and O–H groups in total. The molecule has 0 aromatic heterocycles. The number of carbonyl (C=O) groups is 1. The Hall–Kier alpha value is -2.89. The number of nitrogens with zero attached hydrogens (tertiary/aromatic N) is 1. The van der Waals surface area contributed by atoms with E-state index in [0.29, 0.717) is 31.7 Å². The number of ether oxygens (including phenoxy) is 1. The van der Waals surface area contributed by atoms with Crippen LogP contribution >= 0.6 is 0 Å². The number of carbonyl (C=O) groups excluding carboxylic acids is 1. The van der Waals surface area contributed by atoms with Crippen LogP contribution in [0.5, 0.6) is 23.0 Å². The number of phenolic OH excluding ortho intramolecular Hbond substituents is 3. The van der Waals surface area contributed by atoms with Crippen molar-refractivity contribution in [2.75, 3.05) is 13.7 Å². The van der Waals surface area contributed by atoms with Gasteiger partial charge in [-0.15, -0.1) is 0 Å². The van der Waals surface area contributed by atoms with Crippen LogP contribution in [0, 0.1) is 0 Å². The fourth-order valence-electron chi connectivity index (χ4n) is 2.74. The van der Waals surface area contributed by atoms with Gasteiger partial charge in [-0.05, 0) is 48.2 Å². The Morgan fingerprint density at radius 3 is 2.35 bits per heavy atom. The van der Waals surface area contributed by atoms with Crippen molar-refractivity contribution in [2.24, 2.45) is 0 Å². The predicted molar refractivity (Wildman–Crippen MR) is 98.5 cm³/mol. The summed E-state index contributed by atoms with van der Waals surface area (Å²) in [5.41, 5.74) is 1.67. The summed E-state index contributed by atoms with van der Waals surface area (Å²) >= 11 is 0. The van der Waals surface area contributed by atoms with E-state index < -0.39 is 0 Å². The maximum Gasteiger partial charge on any atom is 0.223 e. The van der Waals surface area contributed by atoms with E-state index in [1.165, 1.54) is 19.2 Å². The van der Waals surface area contributed by atoms with Gasteiger partial charge < -0.3 is 25.0 Å². The van der Waals surface area contributed by atoms with E-state index in [9.17, 15) is 20.1 Å². The molecule has 0 unspecified atom stereocenters. The highest BCUT2D eigenvalue weighted by molar-refractivity contribution is 5.76. The SMILES string of the molecule is CCCN(Cc1ccc(O)c(OC)c1)C(=O)CCc1ccc(O)c(O)c1. The topological polar surface area (TPSA) is 90.2 Å². The van der Waals surface area contributed by atoms with Crippen LogP contribution in [0.4, 0.5) is 0 Å². The Labute approximate surface area is 153 Å². The summed E-state index contributed by atoms with van der Waals surface area (Å²) in [7, 11) is 1.49. The molecular formula is C20H25NO5. The molecule has 0 saturated carbocycles. The zero-order valence-corrected chi connectivity index (χ0v) is 15.1. The summed E-state index contributed by atoms with van der Waals surface area (Å²) in [5, 5.41) is 28.6. The molecule has 2 aromatic carbocycles. The lowest BCUT2D eigenvalue weighted by atomic mass is 10.1. The largest absolute Gasteiger partial charge is 0.504 e. The Bertz CT molecular complexity index is 760. The summed E-state index contributed by atoms with van der Waals surface area (Å²) in [6.45, 7) is 3.07. The van der Waals surface area contributed by atoms with E-state index in [2.05, 4.69) is 0 Å². The molecule has 26 heavy (non-hydrogen) atoms. The van der Waals surface area contributed by atoms with Gasteiger partial charge in [0.2, 0.25) is 5.91 Å². The second-order valence-electron chi connectivity index (χ2n) is 6.14. The average Bonchev–Trinajstić information content (AvgIpc) is 2.63. The van der Waals surface area contributed by atoms with Gasteiger partial charge in [0.25, 0.3) is 0 Å². The molecule has 2 rings (SSSR count). The predicted octanol–water partition coefficient (Wildman–Crippen LogP) is 3.18. The smallest absolute Gasteiger partial charge is 0.223 e. The number of amides is 1. The lowest BCUT2D eigenvalue weighted by Gasteiger charge is -2.23. The minimum absolute atomic E-state index is 0.00598. The highest BCUT2D eigenvalue weighted by atomic mass is 16.5. The molecule has 0 atom stereocenters. The average molecular weight is 359 g/mol. The molecule has 0 spiro atoms. The zero-order chi connectivity index (χ0) is 19.1. The molecule has 6 nitrogen and oxygen atoms in total. The number of benzene rings is 2. The van der Waals surface area contributed by atoms with Gasteiger partial charge in [0.15, 0.2) is 23.0 Å². The standard InChI is InChI=1S/C20H25NO5/c1-3-10-21(13-15-5-8-17(23)19(12-15)26-2)20(25)9-6-14-4-7-16(22)18(24)11-14/h4-5,7-8,11-12,22-24H,3,6,9-10,13H2,1-2H3. The van der Waals surface area contributed by atoms with Crippen molar-refractivity contribution in [3.8, 4) is 23.0 Å². The highest BCUT2D eigenvalue weighted by Gasteiger charge is 2.15. The molecule has 6 heteroatoms. The monoisotopic (exact) mass is 359 g/mol. The van der Waals surface area contributed by atoms with Crippen molar-refractivity contribution in [1.29, 1.82) is 0 Å². The second-order valence-corrected chi connectivity index (χ2v) is 6.14. The first-order valence-corrected chi connectivity index (χ1v) is 8.59. The third-order valence-corrected chi connectivity index (χ3v) is 4.13. The molecule has 2 aromatic rings.